The van der Waals surface area contributed by atoms with Gasteiger partial charge in [-0.25, -0.2) is 0 Å². The van der Waals surface area contributed by atoms with Crippen molar-refractivity contribution in [3.8, 4) is 6.07 Å². The fraction of sp³-hybridized carbons (Fsp3) is 0.900. The lowest BCUT2D eigenvalue weighted by Crippen LogP contribution is -2.33. The van der Waals surface area contributed by atoms with Gasteiger partial charge >= 0.3 is 0 Å². The van der Waals surface area contributed by atoms with Gasteiger partial charge in [-0.2, -0.15) is 5.26 Å². The van der Waals surface area contributed by atoms with Gasteiger partial charge in [-0.05, 0) is 38.0 Å². The van der Waals surface area contributed by atoms with E-state index < -0.39 is 0 Å². The molecule has 2 saturated carbocycles. The highest BCUT2D eigenvalue weighted by molar-refractivity contribution is 5.05. The second-order valence-electron chi connectivity index (χ2n) is 4.75. The van der Waals surface area contributed by atoms with Crippen molar-refractivity contribution >= 4 is 0 Å². The van der Waals surface area contributed by atoms with Crippen molar-refractivity contribution in [1.29, 1.82) is 5.26 Å². The molecule has 2 rings (SSSR count). The van der Waals surface area contributed by atoms with Crippen LogP contribution < -0.4 is 5.32 Å². The molecule has 1 N–H and O–H groups in total. The molecule has 0 atom stereocenters. The van der Waals surface area contributed by atoms with Crippen LogP contribution in [0.2, 0.25) is 0 Å². The van der Waals surface area contributed by atoms with Gasteiger partial charge in [0.1, 0.15) is 0 Å². The van der Waals surface area contributed by atoms with Crippen LogP contribution in [0.3, 0.4) is 0 Å². The second kappa shape index (κ2) is 2.47. The molecule has 12 heavy (non-hydrogen) atoms. The molecule has 0 aromatic carbocycles. The van der Waals surface area contributed by atoms with E-state index in [0.717, 1.165) is 13.0 Å². The minimum atomic E-state index is 0.375. The van der Waals surface area contributed by atoms with Gasteiger partial charge in [0.15, 0.2) is 0 Å². The van der Waals surface area contributed by atoms with E-state index in [1.54, 1.807) is 0 Å². The summed E-state index contributed by atoms with van der Waals surface area (Å²) in [6.45, 7) is 3.34. The van der Waals surface area contributed by atoms with E-state index >= 15 is 0 Å². The summed E-state index contributed by atoms with van der Waals surface area (Å²) in [4.78, 5) is 0. The van der Waals surface area contributed by atoms with Gasteiger partial charge < -0.3 is 5.32 Å². The Balaban J connectivity index is 1.76. The molecule has 0 amide bonds. The number of nitriles is 1. The minimum absolute atomic E-state index is 0.375. The van der Waals surface area contributed by atoms with Gasteiger partial charge in [-0.3, -0.25) is 0 Å². The Labute approximate surface area is 74.0 Å². The zero-order chi connectivity index (χ0) is 8.66. The summed E-state index contributed by atoms with van der Waals surface area (Å²) in [5.41, 5.74) is 0.811. The van der Waals surface area contributed by atoms with E-state index in [1.807, 2.05) is 0 Å². The Morgan fingerprint density at radius 3 is 2.42 bits per heavy atom. The minimum Gasteiger partial charge on any atom is -0.311 e. The maximum atomic E-state index is 8.61. The molecule has 0 aliphatic heterocycles. The van der Waals surface area contributed by atoms with Crippen molar-refractivity contribution in [2.45, 2.75) is 44.6 Å². The van der Waals surface area contributed by atoms with Gasteiger partial charge in [0.25, 0.3) is 0 Å². The number of hydrogen-bond acceptors (Lipinski definition) is 2. The van der Waals surface area contributed by atoms with Crippen LogP contribution in [-0.2, 0) is 0 Å². The first-order valence-electron chi connectivity index (χ1n) is 4.80. The standard InChI is InChI=1S/C10H16N2/c1-9(2-3-9)12-8-10(4-5-10)6-7-11/h12H,2-6,8H2,1H3. The molecule has 0 spiro atoms. The van der Waals surface area contributed by atoms with E-state index in [9.17, 15) is 0 Å². The highest BCUT2D eigenvalue weighted by atomic mass is 15.0. The molecule has 66 valence electrons. The third kappa shape index (κ3) is 1.61. The predicted octanol–water partition coefficient (Wildman–Crippen LogP) is 1.82. The summed E-state index contributed by atoms with van der Waals surface area (Å²) >= 11 is 0. The smallest absolute Gasteiger partial charge is 0.0628 e. The quantitative estimate of drug-likeness (QED) is 0.688. The second-order valence-corrected chi connectivity index (χ2v) is 4.75. The van der Waals surface area contributed by atoms with Gasteiger partial charge in [-0.15, -0.1) is 0 Å². The molecule has 2 aliphatic rings. The fourth-order valence-electron chi connectivity index (χ4n) is 1.53. The summed E-state index contributed by atoms with van der Waals surface area (Å²) < 4.78 is 0. The summed E-state index contributed by atoms with van der Waals surface area (Å²) in [6.07, 6.45) is 5.88. The zero-order valence-corrected chi connectivity index (χ0v) is 7.69. The molecule has 2 heteroatoms. The van der Waals surface area contributed by atoms with E-state index in [-0.39, 0.29) is 0 Å². The number of hydrogen-bond donors (Lipinski definition) is 1. The van der Waals surface area contributed by atoms with Crippen molar-refractivity contribution < 1.29 is 0 Å². The summed E-state index contributed by atoms with van der Waals surface area (Å²) in [5.74, 6) is 0. The van der Waals surface area contributed by atoms with E-state index in [1.165, 1.54) is 25.7 Å². The Kier molecular flexibility index (Phi) is 1.66. The van der Waals surface area contributed by atoms with E-state index in [4.69, 9.17) is 5.26 Å². The largest absolute Gasteiger partial charge is 0.311 e. The van der Waals surface area contributed by atoms with Crippen LogP contribution in [0.1, 0.15) is 39.0 Å². The monoisotopic (exact) mass is 164 g/mol. The zero-order valence-electron chi connectivity index (χ0n) is 7.69. The molecule has 2 fully saturated rings. The summed E-state index contributed by atoms with van der Waals surface area (Å²) in [7, 11) is 0. The van der Waals surface area contributed by atoms with Gasteiger partial charge in [-0.1, -0.05) is 0 Å². The molecule has 0 bridgehead atoms. The molecular formula is C10H16N2. The van der Waals surface area contributed by atoms with Crippen LogP contribution in [0.5, 0.6) is 0 Å². The maximum Gasteiger partial charge on any atom is 0.0628 e. The SMILES string of the molecule is CC1(NCC2(CC#N)CC2)CC1. The van der Waals surface area contributed by atoms with Gasteiger partial charge in [0, 0.05) is 18.5 Å². The number of rotatable bonds is 4. The Hall–Kier alpha value is -0.550. The molecule has 0 saturated heterocycles. The van der Waals surface area contributed by atoms with E-state index in [2.05, 4.69) is 18.3 Å². The highest BCUT2D eigenvalue weighted by Gasteiger charge is 2.45. The molecule has 0 aromatic heterocycles. The maximum absolute atomic E-state index is 8.61. The first-order valence-corrected chi connectivity index (χ1v) is 4.80. The van der Waals surface area contributed by atoms with Crippen LogP contribution in [0, 0.1) is 16.7 Å². The molecule has 0 unspecified atom stereocenters. The lowest BCUT2D eigenvalue weighted by atomic mass is 10.0. The van der Waals surface area contributed by atoms with Crippen molar-refractivity contribution in [3.63, 3.8) is 0 Å². The predicted molar refractivity (Wildman–Crippen MR) is 47.5 cm³/mol. The van der Waals surface area contributed by atoms with Crippen LogP contribution in [-0.4, -0.2) is 12.1 Å². The molecule has 2 nitrogen and oxygen atoms in total. The number of nitrogens with one attached hydrogen (secondary N) is 1. The summed E-state index contributed by atoms with van der Waals surface area (Å²) in [6, 6.07) is 2.29. The molecule has 0 aromatic rings. The topological polar surface area (TPSA) is 35.8 Å². The number of nitrogens with zero attached hydrogens (tertiary/aromatic N) is 1. The molecule has 2 aliphatic carbocycles. The first-order chi connectivity index (χ1) is 5.68. The van der Waals surface area contributed by atoms with Gasteiger partial charge in [0.2, 0.25) is 0 Å². The van der Waals surface area contributed by atoms with Crippen LogP contribution in [0.25, 0.3) is 0 Å². The first kappa shape index (κ1) is 8.07. The highest BCUT2D eigenvalue weighted by Crippen LogP contribution is 2.49. The van der Waals surface area contributed by atoms with E-state index in [0.29, 0.717) is 11.0 Å². The normalized spacial score (nSPS) is 27.7. The average molecular weight is 164 g/mol. The average Bonchev–Trinajstić information content (AvgIpc) is 2.89. The molecule has 0 radical (unpaired) electrons. The van der Waals surface area contributed by atoms with Crippen molar-refractivity contribution in [2.75, 3.05) is 6.54 Å². The molecule has 0 heterocycles. The van der Waals surface area contributed by atoms with Gasteiger partial charge in [0.05, 0.1) is 6.07 Å². The van der Waals surface area contributed by atoms with Crippen LogP contribution in [0.15, 0.2) is 0 Å². The summed E-state index contributed by atoms with van der Waals surface area (Å²) in [5, 5.41) is 12.2. The molecular weight excluding hydrogens is 148 g/mol. The third-order valence-electron chi connectivity index (χ3n) is 3.30. The van der Waals surface area contributed by atoms with Crippen LogP contribution >= 0.6 is 0 Å². The Bertz CT molecular complexity index is 218. The van der Waals surface area contributed by atoms with Crippen LogP contribution in [0.4, 0.5) is 0 Å². The van der Waals surface area contributed by atoms with Crippen molar-refractivity contribution in [3.05, 3.63) is 0 Å². The lowest BCUT2D eigenvalue weighted by molar-refractivity contribution is 0.418. The Morgan fingerprint density at radius 1 is 1.33 bits per heavy atom. The van der Waals surface area contributed by atoms with Crippen molar-refractivity contribution in [1.82, 2.24) is 5.32 Å². The third-order valence-corrected chi connectivity index (χ3v) is 3.30. The van der Waals surface area contributed by atoms with Crippen molar-refractivity contribution in [2.24, 2.45) is 5.41 Å². The Morgan fingerprint density at radius 2 is 2.00 bits per heavy atom. The fourth-order valence-corrected chi connectivity index (χ4v) is 1.53. The lowest BCUT2D eigenvalue weighted by Gasteiger charge is -2.16.